The second-order valence-electron chi connectivity index (χ2n) is 2.37. The molecule has 0 aromatic carbocycles. The molecule has 0 spiro atoms. The maximum atomic E-state index is 10.7. The molecule has 3 nitrogen and oxygen atoms in total. The largest absolute Gasteiger partial charge is 0.374 e. The van der Waals surface area contributed by atoms with Gasteiger partial charge in [0.05, 0.1) is 0 Å². The molecule has 0 aromatic rings. The molecule has 0 unspecified atom stereocenters. The number of hydrogen-bond donors (Lipinski definition) is 2. The van der Waals surface area contributed by atoms with Crippen molar-refractivity contribution in [3.8, 4) is 0 Å². The number of amides is 1. The zero-order chi connectivity index (χ0) is 6.85. The molecule has 0 radical (unpaired) electrons. The van der Waals surface area contributed by atoms with Crippen LogP contribution in [0.2, 0.25) is 0 Å². The topological polar surface area (TPSA) is 49.3 Å². The van der Waals surface area contributed by atoms with E-state index in [2.05, 4.69) is 5.32 Å². The zero-order valence-electron chi connectivity index (χ0n) is 5.42. The average Bonchev–Trinajstić information content (AvgIpc) is 2.10. The lowest BCUT2D eigenvalue weighted by Gasteiger charge is -1.97. The van der Waals surface area contributed by atoms with Crippen molar-refractivity contribution < 1.29 is 9.90 Å². The van der Waals surface area contributed by atoms with E-state index < -0.39 is 6.23 Å². The smallest absolute Gasteiger partial charge is 0.225 e. The van der Waals surface area contributed by atoms with E-state index in [-0.39, 0.29) is 11.8 Å². The van der Waals surface area contributed by atoms with Gasteiger partial charge in [-0.1, -0.05) is 6.92 Å². The van der Waals surface area contributed by atoms with Gasteiger partial charge in [-0.05, 0) is 6.42 Å². The lowest BCUT2D eigenvalue weighted by molar-refractivity contribution is -0.123. The Kier molecular flexibility index (Phi) is 1.71. The summed E-state index contributed by atoms with van der Waals surface area (Å²) in [6, 6.07) is 0. The molecule has 9 heavy (non-hydrogen) atoms. The van der Waals surface area contributed by atoms with E-state index in [1.807, 2.05) is 6.92 Å². The molecule has 1 rings (SSSR count). The number of carbonyl (C=O) groups excluding carboxylic acids is 1. The van der Waals surface area contributed by atoms with Gasteiger partial charge in [-0.25, -0.2) is 0 Å². The molecule has 1 amide bonds. The lowest BCUT2D eigenvalue weighted by atomic mass is 10.1. The van der Waals surface area contributed by atoms with Gasteiger partial charge >= 0.3 is 0 Å². The van der Waals surface area contributed by atoms with Crippen LogP contribution in [0, 0.1) is 5.92 Å². The van der Waals surface area contributed by atoms with Crippen molar-refractivity contribution in [1.82, 2.24) is 5.32 Å². The Morgan fingerprint density at radius 2 is 2.56 bits per heavy atom. The molecule has 52 valence electrons. The van der Waals surface area contributed by atoms with Crippen LogP contribution in [0.5, 0.6) is 0 Å². The summed E-state index contributed by atoms with van der Waals surface area (Å²) in [5.74, 6) is 0.0324. The summed E-state index contributed by atoms with van der Waals surface area (Å²) in [5.41, 5.74) is 0. The van der Waals surface area contributed by atoms with Crippen LogP contribution < -0.4 is 5.32 Å². The molecule has 2 N–H and O–H groups in total. The molecule has 1 fully saturated rings. The molecule has 0 aliphatic carbocycles. The minimum atomic E-state index is -0.595. The predicted molar refractivity (Wildman–Crippen MR) is 32.5 cm³/mol. The molecule has 1 saturated heterocycles. The Balaban J connectivity index is 2.48. The van der Waals surface area contributed by atoms with Gasteiger partial charge in [0.15, 0.2) is 0 Å². The molecule has 3 heteroatoms. The Bertz CT molecular complexity index is 124. The minimum Gasteiger partial charge on any atom is -0.374 e. The van der Waals surface area contributed by atoms with Gasteiger partial charge < -0.3 is 10.4 Å². The van der Waals surface area contributed by atoms with Gasteiger partial charge in [-0.2, -0.15) is 0 Å². The molecule has 0 aromatic heterocycles. The van der Waals surface area contributed by atoms with Crippen LogP contribution in [0.1, 0.15) is 19.8 Å². The summed E-state index contributed by atoms with van der Waals surface area (Å²) < 4.78 is 0. The first-order valence-corrected chi connectivity index (χ1v) is 3.22. The third-order valence-electron chi connectivity index (χ3n) is 1.68. The fourth-order valence-electron chi connectivity index (χ4n) is 1.07. The normalized spacial score (nSPS) is 34.7. The number of nitrogens with one attached hydrogen (secondary N) is 1. The SMILES string of the molecule is CC[C@H]1C[C@@H](O)NC1=O. The van der Waals surface area contributed by atoms with E-state index in [4.69, 9.17) is 5.11 Å². The van der Waals surface area contributed by atoms with Crippen molar-refractivity contribution >= 4 is 5.91 Å². The van der Waals surface area contributed by atoms with E-state index in [1.54, 1.807) is 0 Å². The van der Waals surface area contributed by atoms with Crippen molar-refractivity contribution in [3.05, 3.63) is 0 Å². The summed E-state index contributed by atoms with van der Waals surface area (Å²) in [5, 5.41) is 11.3. The number of aliphatic hydroxyl groups is 1. The van der Waals surface area contributed by atoms with Gasteiger partial charge in [0.25, 0.3) is 0 Å². The second-order valence-corrected chi connectivity index (χ2v) is 2.37. The molecule has 1 heterocycles. The first-order chi connectivity index (χ1) is 4.24. The van der Waals surface area contributed by atoms with Crippen molar-refractivity contribution in [1.29, 1.82) is 0 Å². The van der Waals surface area contributed by atoms with Gasteiger partial charge in [0, 0.05) is 12.3 Å². The summed E-state index contributed by atoms with van der Waals surface area (Å²) in [7, 11) is 0. The third kappa shape index (κ3) is 1.21. The monoisotopic (exact) mass is 129 g/mol. The summed E-state index contributed by atoms with van der Waals surface area (Å²) in [4.78, 5) is 10.7. The van der Waals surface area contributed by atoms with Crippen molar-refractivity contribution in [3.63, 3.8) is 0 Å². The quantitative estimate of drug-likeness (QED) is 0.517. The zero-order valence-corrected chi connectivity index (χ0v) is 5.42. The van der Waals surface area contributed by atoms with Crippen LogP contribution >= 0.6 is 0 Å². The second kappa shape index (κ2) is 2.35. The van der Waals surface area contributed by atoms with E-state index >= 15 is 0 Å². The van der Waals surface area contributed by atoms with E-state index in [0.29, 0.717) is 6.42 Å². The Hall–Kier alpha value is -0.570. The van der Waals surface area contributed by atoms with Crippen LogP contribution in [-0.4, -0.2) is 17.2 Å². The van der Waals surface area contributed by atoms with Crippen LogP contribution in [0.3, 0.4) is 0 Å². The van der Waals surface area contributed by atoms with Crippen LogP contribution in [0.15, 0.2) is 0 Å². The Morgan fingerprint density at radius 1 is 1.89 bits per heavy atom. The van der Waals surface area contributed by atoms with E-state index in [0.717, 1.165) is 6.42 Å². The third-order valence-corrected chi connectivity index (χ3v) is 1.68. The lowest BCUT2D eigenvalue weighted by Crippen LogP contribution is -2.25. The van der Waals surface area contributed by atoms with Crippen molar-refractivity contribution in [2.24, 2.45) is 5.92 Å². The maximum Gasteiger partial charge on any atom is 0.225 e. The molecule has 1 aliphatic heterocycles. The summed E-state index contributed by atoms with van der Waals surface area (Å²) >= 11 is 0. The fraction of sp³-hybridized carbons (Fsp3) is 0.833. The first-order valence-electron chi connectivity index (χ1n) is 3.22. The highest BCUT2D eigenvalue weighted by molar-refractivity contribution is 5.80. The highest BCUT2D eigenvalue weighted by atomic mass is 16.3. The number of rotatable bonds is 1. The summed E-state index contributed by atoms with van der Waals surface area (Å²) in [6.45, 7) is 1.95. The van der Waals surface area contributed by atoms with E-state index in [9.17, 15) is 4.79 Å². The Labute approximate surface area is 54.1 Å². The van der Waals surface area contributed by atoms with Crippen LogP contribution in [0.25, 0.3) is 0 Å². The predicted octanol–water partition coefficient (Wildman–Crippen LogP) is -0.149. The van der Waals surface area contributed by atoms with Gasteiger partial charge in [0.2, 0.25) is 5.91 Å². The standard InChI is InChI=1S/C6H11NO2/c1-2-4-3-5(8)7-6(4)9/h4-5,8H,2-3H2,1H3,(H,7,9)/t4-,5+/m0/s1. The molecule has 0 bridgehead atoms. The minimum absolute atomic E-state index is 0.00926. The fourth-order valence-corrected chi connectivity index (χ4v) is 1.07. The van der Waals surface area contributed by atoms with Gasteiger partial charge in [0.1, 0.15) is 6.23 Å². The van der Waals surface area contributed by atoms with Gasteiger partial charge in [-0.15, -0.1) is 0 Å². The highest BCUT2D eigenvalue weighted by Crippen LogP contribution is 2.16. The van der Waals surface area contributed by atoms with Crippen molar-refractivity contribution in [2.75, 3.05) is 0 Å². The maximum absolute atomic E-state index is 10.7. The van der Waals surface area contributed by atoms with Crippen molar-refractivity contribution in [2.45, 2.75) is 26.0 Å². The number of aliphatic hydroxyl groups excluding tert-OH is 1. The molecular weight excluding hydrogens is 118 g/mol. The first kappa shape index (κ1) is 6.55. The Morgan fingerprint density at radius 3 is 2.78 bits per heavy atom. The molecule has 2 atom stereocenters. The molecule has 0 saturated carbocycles. The highest BCUT2D eigenvalue weighted by Gasteiger charge is 2.28. The van der Waals surface area contributed by atoms with E-state index in [1.165, 1.54) is 0 Å². The number of carbonyl (C=O) groups is 1. The molecular formula is C6H11NO2. The van der Waals surface area contributed by atoms with Crippen LogP contribution in [0.4, 0.5) is 0 Å². The molecule has 1 aliphatic rings. The van der Waals surface area contributed by atoms with Gasteiger partial charge in [-0.3, -0.25) is 4.79 Å². The summed E-state index contributed by atoms with van der Waals surface area (Å²) in [6.07, 6.45) is 0.806. The van der Waals surface area contributed by atoms with Crippen LogP contribution in [-0.2, 0) is 4.79 Å². The average molecular weight is 129 g/mol. The number of hydrogen-bond acceptors (Lipinski definition) is 2.